The third-order valence-electron chi connectivity index (χ3n) is 5.57. The Kier molecular flexibility index (Phi) is 10.0. The van der Waals surface area contributed by atoms with Crippen molar-refractivity contribution in [1.82, 2.24) is 10.6 Å². The Labute approximate surface area is 190 Å². The quantitative estimate of drug-likeness (QED) is 0.314. The first-order valence-corrected chi connectivity index (χ1v) is 11.3. The molecule has 2 saturated carbocycles. The van der Waals surface area contributed by atoms with Gasteiger partial charge in [-0.15, -0.1) is 24.0 Å². The molecule has 28 heavy (non-hydrogen) atoms. The van der Waals surface area contributed by atoms with E-state index in [1.807, 2.05) is 24.9 Å². The molecule has 0 heterocycles. The van der Waals surface area contributed by atoms with Gasteiger partial charge in [-0.2, -0.15) is 11.8 Å². The largest absolute Gasteiger partial charge is 0.493 e. The smallest absolute Gasteiger partial charge is 0.191 e. The van der Waals surface area contributed by atoms with Crippen molar-refractivity contribution in [3.63, 3.8) is 0 Å². The zero-order valence-electron chi connectivity index (χ0n) is 17.2. The van der Waals surface area contributed by atoms with Gasteiger partial charge >= 0.3 is 0 Å². The molecule has 0 amide bonds. The van der Waals surface area contributed by atoms with Crippen molar-refractivity contribution in [2.45, 2.75) is 68.9 Å². The Morgan fingerprint density at radius 1 is 1.18 bits per heavy atom. The molecule has 0 aromatic heterocycles. The maximum atomic E-state index is 6.20. The standard InChI is InChI=1S/C21H33N3O2S.HI/c1-22-21(24-16-9-10-18(13-16)27-3)23-14-15-8-11-19(25-2)20(12-15)26-17-6-4-5-7-17;/h8,11-12,16-18H,4-7,9-10,13-14H2,1-3H3,(H2,22,23,24);1H. The summed E-state index contributed by atoms with van der Waals surface area (Å²) in [4.78, 5) is 4.39. The second-order valence-electron chi connectivity index (χ2n) is 7.45. The van der Waals surface area contributed by atoms with Crippen LogP contribution in [0.3, 0.4) is 0 Å². The summed E-state index contributed by atoms with van der Waals surface area (Å²) in [7, 11) is 3.53. The van der Waals surface area contributed by atoms with Gasteiger partial charge in [0.25, 0.3) is 0 Å². The molecule has 5 nitrogen and oxygen atoms in total. The third-order valence-corrected chi connectivity index (χ3v) is 6.66. The molecular formula is C21H34IN3O2S. The van der Waals surface area contributed by atoms with Crippen LogP contribution in [0.1, 0.15) is 50.5 Å². The summed E-state index contributed by atoms with van der Waals surface area (Å²) in [6.45, 7) is 0.712. The third kappa shape index (κ3) is 6.61. The molecule has 0 saturated heterocycles. The molecule has 0 bridgehead atoms. The van der Waals surface area contributed by atoms with Crippen molar-refractivity contribution in [3.05, 3.63) is 23.8 Å². The highest BCUT2D eigenvalue weighted by atomic mass is 127. The monoisotopic (exact) mass is 519 g/mol. The fourth-order valence-electron chi connectivity index (χ4n) is 3.97. The van der Waals surface area contributed by atoms with Gasteiger partial charge in [-0.3, -0.25) is 4.99 Å². The minimum absolute atomic E-state index is 0. The fraction of sp³-hybridized carbons (Fsp3) is 0.667. The van der Waals surface area contributed by atoms with Gasteiger partial charge in [0, 0.05) is 24.9 Å². The Hall–Kier alpha value is -0.830. The highest BCUT2D eigenvalue weighted by molar-refractivity contribution is 14.0. The molecule has 1 aromatic rings. The highest BCUT2D eigenvalue weighted by Gasteiger charge is 2.24. The number of aliphatic imine (C=N–C) groups is 1. The number of halogens is 1. The number of thioether (sulfide) groups is 1. The molecule has 158 valence electrons. The number of ether oxygens (including phenoxy) is 2. The van der Waals surface area contributed by atoms with Crippen LogP contribution >= 0.6 is 35.7 Å². The Morgan fingerprint density at radius 2 is 1.96 bits per heavy atom. The summed E-state index contributed by atoms with van der Waals surface area (Å²) < 4.78 is 11.7. The lowest BCUT2D eigenvalue weighted by Gasteiger charge is -2.19. The number of nitrogens with zero attached hydrogens (tertiary/aromatic N) is 1. The van der Waals surface area contributed by atoms with E-state index in [1.54, 1.807) is 7.11 Å². The van der Waals surface area contributed by atoms with E-state index < -0.39 is 0 Å². The van der Waals surface area contributed by atoms with Crippen LogP contribution in [-0.4, -0.2) is 43.8 Å². The second kappa shape index (κ2) is 12.0. The first-order valence-electron chi connectivity index (χ1n) is 10.1. The topological polar surface area (TPSA) is 54.9 Å². The Balaban J connectivity index is 0.00000280. The lowest BCUT2D eigenvalue weighted by molar-refractivity contribution is 0.200. The van der Waals surface area contributed by atoms with Gasteiger partial charge in [-0.1, -0.05) is 6.07 Å². The van der Waals surface area contributed by atoms with Crippen LogP contribution < -0.4 is 20.1 Å². The van der Waals surface area contributed by atoms with Gasteiger partial charge in [0.05, 0.1) is 13.2 Å². The zero-order valence-corrected chi connectivity index (χ0v) is 20.3. The Bertz CT molecular complexity index is 638. The van der Waals surface area contributed by atoms with E-state index in [4.69, 9.17) is 9.47 Å². The van der Waals surface area contributed by atoms with Crippen molar-refractivity contribution >= 4 is 41.7 Å². The average molecular weight is 519 g/mol. The lowest BCUT2D eigenvalue weighted by atomic mass is 10.2. The van der Waals surface area contributed by atoms with Crippen molar-refractivity contribution < 1.29 is 9.47 Å². The van der Waals surface area contributed by atoms with Crippen LogP contribution in [0.4, 0.5) is 0 Å². The normalized spacial score (nSPS) is 22.6. The van der Waals surface area contributed by atoms with Crippen molar-refractivity contribution in [2.75, 3.05) is 20.4 Å². The summed E-state index contributed by atoms with van der Waals surface area (Å²) in [5, 5.41) is 7.78. The summed E-state index contributed by atoms with van der Waals surface area (Å²) in [5.74, 6) is 2.53. The highest BCUT2D eigenvalue weighted by Crippen LogP contribution is 2.32. The fourth-order valence-corrected chi connectivity index (χ4v) is 4.76. The van der Waals surface area contributed by atoms with E-state index in [2.05, 4.69) is 34.0 Å². The average Bonchev–Trinajstić information content (AvgIpc) is 3.37. The van der Waals surface area contributed by atoms with Gasteiger partial charge in [0.1, 0.15) is 0 Å². The van der Waals surface area contributed by atoms with Gasteiger partial charge in [-0.25, -0.2) is 0 Å². The summed E-state index contributed by atoms with van der Waals surface area (Å²) in [6, 6.07) is 6.69. The SMILES string of the molecule is CN=C(NCc1ccc(OC)c(OC2CCCC2)c1)NC1CCC(SC)C1.I. The van der Waals surface area contributed by atoms with Gasteiger partial charge in [0.15, 0.2) is 17.5 Å². The van der Waals surface area contributed by atoms with Gasteiger partial charge < -0.3 is 20.1 Å². The second-order valence-corrected chi connectivity index (χ2v) is 8.59. The number of nitrogens with one attached hydrogen (secondary N) is 2. The number of hydrogen-bond donors (Lipinski definition) is 2. The molecular weight excluding hydrogens is 485 g/mol. The van der Waals surface area contributed by atoms with Crippen LogP contribution in [0.2, 0.25) is 0 Å². The molecule has 0 spiro atoms. The summed E-state index contributed by atoms with van der Waals surface area (Å²) in [5.41, 5.74) is 1.17. The molecule has 2 atom stereocenters. The summed E-state index contributed by atoms with van der Waals surface area (Å²) >= 11 is 1.97. The molecule has 2 aliphatic rings. The number of methoxy groups -OCH3 is 1. The molecule has 7 heteroatoms. The van der Waals surface area contributed by atoms with E-state index in [1.165, 1.54) is 37.7 Å². The molecule has 1 aromatic carbocycles. The molecule has 0 aliphatic heterocycles. The van der Waals surface area contributed by atoms with Crippen LogP contribution in [0.5, 0.6) is 11.5 Å². The van der Waals surface area contributed by atoms with Crippen molar-refractivity contribution in [2.24, 2.45) is 4.99 Å². The zero-order chi connectivity index (χ0) is 19.1. The molecule has 2 fully saturated rings. The van der Waals surface area contributed by atoms with Crippen LogP contribution in [-0.2, 0) is 6.54 Å². The predicted octanol–water partition coefficient (Wildman–Crippen LogP) is 4.58. The number of benzene rings is 1. The van der Waals surface area contributed by atoms with Crippen LogP contribution in [0.25, 0.3) is 0 Å². The Morgan fingerprint density at radius 3 is 2.61 bits per heavy atom. The van der Waals surface area contributed by atoms with E-state index >= 15 is 0 Å². The molecule has 2 N–H and O–H groups in total. The van der Waals surface area contributed by atoms with Gasteiger partial charge in [-0.05, 0) is 68.9 Å². The predicted molar refractivity (Wildman–Crippen MR) is 130 cm³/mol. The van der Waals surface area contributed by atoms with E-state index in [9.17, 15) is 0 Å². The maximum Gasteiger partial charge on any atom is 0.191 e. The molecule has 3 rings (SSSR count). The lowest BCUT2D eigenvalue weighted by Crippen LogP contribution is -2.42. The van der Waals surface area contributed by atoms with E-state index in [0.717, 1.165) is 35.6 Å². The number of guanidine groups is 1. The van der Waals surface area contributed by atoms with Gasteiger partial charge in [0.2, 0.25) is 0 Å². The van der Waals surface area contributed by atoms with Crippen molar-refractivity contribution in [3.8, 4) is 11.5 Å². The van der Waals surface area contributed by atoms with Crippen LogP contribution in [0.15, 0.2) is 23.2 Å². The minimum Gasteiger partial charge on any atom is -0.493 e. The van der Waals surface area contributed by atoms with E-state index in [0.29, 0.717) is 18.7 Å². The first kappa shape index (κ1) is 23.4. The van der Waals surface area contributed by atoms with Crippen LogP contribution in [0, 0.1) is 0 Å². The minimum atomic E-state index is 0. The molecule has 2 aliphatic carbocycles. The first-order chi connectivity index (χ1) is 13.2. The number of rotatable bonds is 7. The molecule has 2 unspecified atom stereocenters. The summed E-state index contributed by atoms with van der Waals surface area (Å²) in [6.07, 6.45) is 11.0. The number of hydrogen-bond acceptors (Lipinski definition) is 4. The maximum absolute atomic E-state index is 6.20. The molecule has 0 radical (unpaired) electrons. The van der Waals surface area contributed by atoms with Crippen molar-refractivity contribution in [1.29, 1.82) is 0 Å². The van der Waals surface area contributed by atoms with E-state index in [-0.39, 0.29) is 24.0 Å².